The summed E-state index contributed by atoms with van der Waals surface area (Å²) in [7, 11) is 9.35. The molecule has 0 aliphatic rings. The number of aromatic amines is 1. The molecule has 0 saturated carbocycles. The monoisotopic (exact) mass is 1380 g/mol. The topological polar surface area (TPSA) is 272 Å². The SMILES string of the molecule is C/C=C/c1c(C)c(NC)c(C)c(C)c1[N+](=O)[O-].CCC.CNc1c(C)c(C)c(N)c(CCO)c1C.CNc1c(C)c(C)c([N+](=O)[O-])c(C)c1C.CNc1c(C)c(C)c([N+](=O)[O-])c(CCO)c1C.CNc1c(C)c(C)c2[nH]ccc2c1C.I[XeH]. The summed E-state index contributed by atoms with van der Waals surface area (Å²) in [6.45, 7) is 37.2. The molecule has 1 aromatic heterocycles. The van der Waals surface area contributed by atoms with E-state index in [2.05, 4.69) is 132 Å². The zero-order valence-electron chi connectivity index (χ0n) is 53.9. The Labute approximate surface area is 531 Å². The van der Waals surface area contributed by atoms with Crippen LogP contribution in [0.2, 0.25) is 0 Å². The molecular weight excluding hydrogens is 1280 g/mol. The standard InChI is InChI=1S/C13H18N2O2.C12H18N2O3.C12H20N2O.C12H16N2.C11H16N2O2.C3H8.HIXe/c1-6-7-11-10(4)12(14-5)8(2)9(3)13(11)15(16)17;1-7-8(2)12(14(16)17)10(5-6-15)9(3)11(7)13-4;1-7-8(2)12(14-4)9(3)10(5-6-15)11(7)13;1-7-8(2)12-10(5-6-14-12)9(3)11(7)13-4;1-6-8(3)11(13(14)15)9(4)7(2)10(6)12-5;1-3-2;1-2/h6-7,14H,1-5H3;13,15H,5-6H2,1-4H3;14-15H,5-6,13H2,1-4H3;5-6,13-14H,1-4H3;12H,1-5H3;3H2,1-2H3;2H/b7-6+;;;;;;. The zero-order valence-corrected chi connectivity index (χ0v) is 58.2. The maximum absolute atomic E-state index is 11.2. The van der Waals surface area contributed by atoms with Crippen molar-refractivity contribution in [3.63, 3.8) is 0 Å². The van der Waals surface area contributed by atoms with Crippen LogP contribution in [-0.2, 0) is 12.8 Å². The van der Waals surface area contributed by atoms with E-state index in [1.807, 2.05) is 103 Å². The van der Waals surface area contributed by atoms with Crippen LogP contribution in [-0.4, -0.2) is 78.4 Å². The van der Waals surface area contributed by atoms with E-state index in [0.717, 1.165) is 95.2 Å². The van der Waals surface area contributed by atoms with Crippen LogP contribution in [0.4, 0.5) is 51.2 Å². The number of halogens is 1. The number of nitrogens with two attached hydrogens (primary N) is 1. The van der Waals surface area contributed by atoms with Gasteiger partial charge in [-0.1, -0.05) is 32.4 Å². The van der Waals surface area contributed by atoms with E-state index in [-0.39, 0.29) is 45.0 Å². The van der Waals surface area contributed by atoms with Crippen LogP contribution in [0.15, 0.2) is 18.3 Å². The third-order valence-electron chi connectivity index (χ3n) is 15.5. The van der Waals surface area contributed by atoms with Crippen molar-refractivity contribution in [1.82, 2.24) is 4.98 Å². The average molecular weight is 1380 g/mol. The van der Waals surface area contributed by atoms with Crippen molar-refractivity contribution in [2.24, 2.45) is 0 Å². The van der Waals surface area contributed by atoms with Crippen LogP contribution in [0.5, 0.6) is 0 Å². The summed E-state index contributed by atoms with van der Waals surface area (Å²) in [6, 6.07) is 2.14. The molecule has 6 aromatic rings. The van der Waals surface area contributed by atoms with Gasteiger partial charge in [0.25, 0.3) is 17.1 Å². The number of nitrogen functional groups attached to an aromatic ring is 1. The summed E-state index contributed by atoms with van der Waals surface area (Å²) in [5.74, 6) is 0. The van der Waals surface area contributed by atoms with Gasteiger partial charge in [0.2, 0.25) is 0 Å². The van der Waals surface area contributed by atoms with Crippen molar-refractivity contribution in [3.8, 4) is 0 Å². The van der Waals surface area contributed by atoms with Gasteiger partial charge in [-0.05, 0) is 203 Å². The fourth-order valence-corrected chi connectivity index (χ4v) is 10.5. The molecule has 0 bridgehead atoms. The number of nitro groups is 3. The molecule has 0 aliphatic heterocycles. The number of allylic oxidation sites excluding steroid dienone is 1. The van der Waals surface area contributed by atoms with Crippen LogP contribution in [0, 0.1) is 182 Å². The van der Waals surface area contributed by atoms with Crippen LogP contribution in [0.3, 0.4) is 0 Å². The normalized spacial score (nSPS) is 10.2. The fraction of sp³-hybridized carbons (Fsp3) is 0.460. The van der Waals surface area contributed by atoms with Gasteiger partial charge >= 0.3 is 52.4 Å². The zero-order chi connectivity index (χ0) is 64.7. The molecule has 0 aliphatic carbocycles. The van der Waals surface area contributed by atoms with E-state index in [1.54, 1.807) is 40.8 Å². The number of benzene rings is 5. The molecule has 0 amide bonds. The summed E-state index contributed by atoms with van der Waals surface area (Å²) in [6.07, 6.45) is 7.79. The van der Waals surface area contributed by atoms with Gasteiger partial charge in [-0.2, -0.15) is 0 Å². The first-order valence-corrected chi connectivity index (χ1v) is 33.8. The molecule has 20 heteroatoms. The molecule has 0 atom stereocenters. The summed E-state index contributed by atoms with van der Waals surface area (Å²) in [4.78, 5) is 35.6. The van der Waals surface area contributed by atoms with E-state index in [1.165, 1.54) is 45.3 Å². The van der Waals surface area contributed by atoms with Crippen molar-refractivity contribution in [1.29, 1.82) is 0 Å². The van der Waals surface area contributed by atoms with E-state index in [4.69, 9.17) is 15.9 Å². The predicted octanol–water partition coefficient (Wildman–Crippen LogP) is 15.5. The van der Waals surface area contributed by atoms with Gasteiger partial charge in [-0.3, -0.25) is 30.3 Å². The quantitative estimate of drug-likeness (QED) is 0.0225. The number of fused-ring (bicyclic) bond motifs is 1. The molecule has 462 valence electrons. The summed E-state index contributed by atoms with van der Waals surface area (Å²) >= 11 is 4.24. The minimum atomic E-state index is -0.361. The van der Waals surface area contributed by atoms with Gasteiger partial charge in [-0.25, -0.2) is 0 Å². The number of rotatable bonds is 13. The Morgan fingerprint density at radius 3 is 1.18 bits per heavy atom. The number of nitrogens with zero attached hydrogens (tertiary/aromatic N) is 3. The Bertz CT molecular complexity index is 3220. The van der Waals surface area contributed by atoms with Gasteiger partial charge in [-0.15, -0.1) is 0 Å². The number of hydrogen-bond acceptors (Lipinski definition) is 14. The Morgan fingerprint density at radius 1 is 0.494 bits per heavy atom. The first kappa shape index (κ1) is 77.6. The number of nitro benzene ring substituents is 3. The van der Waals surface area contributed by atoms with E-state index in [9.17, 15) is 30.3 Å². The van der Waals surface area contributed by atoms with Crippen LogP contribution in [0.1, 0.15) is 133 Å². The average Bonchev–Trinajstić information content (AvgIpc) is 3.65. The van der Waals surface area contributed by atoms with Gasteiger partial charge < -0.3 is 47.5 Å². The number of nitrogens with one attached hydrogen (secondary N) is 6. The van der Waals surface area contributed by atoms with Crippen molar-refractivity contribution in [3.05, 3.63) is 154 Å². The van der Waals surface area contributed by atoms with Crippen molar-refractivity contribution < 1.29 is 65.5 Å². The van der Waals surface area contributed by atoms with E-state index in [0.29, 0.717) is 29.5 Å². The van der Waals surface area contributed by atoms with Gasteiger partial charge in [0.1, 0.15) is 0 Å². The third-order valence-corrected chi connectivity index (χ3v) is 15.5. The van der Waals surface area contributed by atoms with Gasteiger partial charge in [0, 0.05) is 134 Å². The van der Waals surface area contributed by atoms with Crippen molar-refractivity contribution in [2.75, 3.05) is 80.8 Å². The number of aliphatic hydroxyl groups excluding tert-OH is 2. The number of H-pyrrole nitrogens is 1. The molecule has 5 aromatic carbocycles. The molecule has 18 nitrogen and oxygen atoms in total. The van der Waals surface area contributed by atoms with E-state index >= 15 is 0 Å². The molecule has 83 heavy (non-hydrogen) atoms. The molecule has 10 N–H and O–H groups in total. The number of aryl methyl sites for hydroxylation is 2. The summed E-state index contributed by atoms with van der Waals surface area (Å²) in [5, 5.41) is 68.3. The van der Waals surface area contributed by atoms with Crippen LogP contribution >= 0.6 is 12.0 Å². The number of aromatic nitrogens is 1. The molecule has 0 unspecified atom stereocenters. The first-order chi connectivity index (χ1) is 38.9. The fourth-order valence-electron chi connectivity index (χ4n) is 10.5. The minimum absolute atomic E-state index is 0.0899. The predicted molar refractivity (Wildman–Crippen MR) is 360 cm³/mol. The number of aliphatic hydroxyl groups is 2. The Kier molecular flexibility index (Phi) is 34.7. The number of hydrogen-bond donors (Lipinski definition) is 9. The molecule has 6 rings (SSSR count). The molecule has 0 saturated heterocycles. The maximum atomic E-state index is 11.2. The van der Waals surface area contributed by atoms with Crippen molar-refractivity contribution in [2.45, 2.75) is 151 Å². The van der Waals surface area contributed by atoms with Crippen LogP contribution in [0.25, 0.3) is 17.0 Å². The molecule has 1 heterocycles. The Morgan fingerprint density at radius 2 is 0.807 bits per heavy atom. The molecule has 0 spiro atoms. The Hall–Kier alpha value is -5.40. The van der Waals surface area contributed by atoms with Gasteiger partial charge in [0.05, 0.1) is 20.3 Å². The number of anilines is 6. The second-order valence-corrected chi connectivity index (χ2v) is 20.1. The summed E-state index contributed by atoms with van der Waals surface area (Å²) < 4.78 is 0. The second kappa shape index (κ2) is 37.1. The summed E-state index contributed by atoms with van der Waals surface area (Å²) in [5.41, 5.74) is 32.1. The molecule has 0 radical (unpaired) electrons. The molecule has 0 fully saturated rings. The third kappa shape index (κ3) is 18.5. The second-order valence-electron chi connectivity index (χ2n) is 20.1. The van der Waals surface area contributed by atoms with Gasteiger partial charge in [0.15, 0.2) is 0 Å². The van der Waals surface area contributed by atoms with Crippen LogP contribution < -0.4 is 32.3 Å². The Balaban J connectivity index is 0.000000993. The van der Waals surface area contributed by atoms with Crippen molar-refractivity contribution >= 4 is 80.1 Å². The first-order valence-electron chi connectivity index (χ1n) is 27.6. The molecular formula is C63H97IN10O8Xe. The van der Waals surface area contributed by atoms with E-state index < -0.39 is 0 Å².